The molecule has 29 heavy (non-hydrogen) atoms. The van der Waals surface area contributed by atoms with E-state index in [1.807, 2.05) is 30.3 Å². The third kappa shape index (κ3) is 5.52. The zero-order valence-electron chi connectivity index (χ0n) is 16.5. The number of carbonyl (C=O) groups is 1. The van der Waals surface area contributed by atoms with Gasteiger partial charge in [-0.25, -0.2) is 0 Å². The minimum atomic E-state index is -0.630. The maximum absolute atomic E-state index is 13.1. The van der Waals surface area contributed by atoms with Crippen LogP contribution in [0, 0.1) is 0 Å². The Morgan fingerprint density at radius 3 is 2.10 bits per heavy atom. The van der Waals surface area contributed by atoms with E-state index in [1.54, 1.807) is 51.1 Å². The van der Waals surface area contributed by atoms with Crippen LogP contribution in [0.1, 0.15) is 22.7 Å². The van der Waals surface area contributed by atoms with E-state index in [0.717, 1.165) is 11.1 Å². The van der Waals surface area contributed by atoms with Crippen LogP contribution in [0.3, 0.4) is 0 Å². The Hall–Kier alpha value is -3.45. The summed E-state index contributed by atoms with van der Waals surface area (Å²) in [6.45, 7) is 0.900. The van der Waals surface area contributed by atoms with Crippen molar-refractivity contribution < 1.29 is 14.3 Å². The molecule has 3 aromatic rings. The second-order valence-corrected chi connectivity index (χ2v) is 6.35. The van der Waals surface area contributed by atoms with Crippen molar-refractivity contribution in [3.63, 3.8) is 0 Å². The number of aromatic nitrogens is 2. The summed E-state index contributed by atoms with van der Waals surface area (Å²) in [5.41, 5.74) is 2.70. The third-order valence-electron chi connectivity index (χ3n) is 4.49. The van der Waals surface area contributed by atoms with Crippen molar-refractivity contribution in [3.05, 3.63) is 83.9 Å². The van der Waals surface area contributed by atoms with Crippen LogP contribution in [0.2, 0.25) is 0 Å². The highest BCUT2D eigenvalue weighted by Gasteiger charge is 2.24. The zero-order chi connectivity index (χ0) is 20.5. The second-order valence-electron chi connectivity index (χ2n) is 6.35. The van der Waals surface area contributed by atoms with Crippen LogP contribution in [0.4, 0.5) is 0 Å². The van der Waals surface area contributed by atoms with Gasteiger partial charge >= 0.3 is 0 Å². The van der Waals surface area contributed by atoms with Gasteiger partial charge in [-0.3, -0.25) is 20.1 Å². The highest BCUT2D eigenvalue weighted by Crippen LogP contribution is 2.30. The van der Waals surface area contributed by atoms with Crippen molar-refractivity contribution >= 4 is 5.91 Å². The number of rotatable bonds is 9. The van der Waals surface area contributed by atoms with Crippen LogP contribution < -0.4 is 20.1 Å². The first-order valence-corrected chi connectivity index (χ1v) is 9.22. The van der Waals surface area contributed by atoms with Gasteiger partial charge in [0.25, 0.3) is 0 Å². The van der Waals surface area contributed by atoms with Gasteiger partial charge in [0.15, 0.2) is 0 Å². The number of carbonyl (C=O) groups excluding carboxylic acids is 1. The molecule has 0 saturated carbocycles. The number of hydrogen-bond acceptors (Lipinski definition) is 6. The fourth-order valence-electron chi connectivity index (χ4n) is 2.92. The van der Waals surface area contributed by atoms with Crippen LogP contribution in [0.5, 0.6) is 11.5 Å². The molecule has 2 aromatic heterocycles. The van der Waals surface area contributed by atoms with Gasteiger partial charge in [0.2, 0.25) is 5.91 Å². The molecule has 0 bridgehead atoms. The predicted molar refractivity (Wildman–Crippen MR) is 109 cm³/mol. The molecule has 7 nitrogen and oxygen atoms in total. The molecule has 2 heterocycles. The second kappa shape index (κ2) is 10.2. The topological polar surface area (TPSA) is 85.4 Å². The quantitative estimate of drug-likeness (QED) is 0.582. The molecule has 0 aliphatic rings. The lowest BCUT2D eigenvalue weighted by Gasteiger charge is -2.22. The molecule has 1 aromatic carbocycles. The molecular weight excluding hydrogens is 368 g/mol. The summed E-state index contributed by atoms with van der Waals surface area (Å²) >= 11 is 0. The van der Waals surface area contributed by atoms with Gasteiger partial charge in [-0.05, 0) is 53.6 Å². The average molecular weight is 392 g/mol. The number of benzene rings is 1. The van der Waals surface area contributed by atoms with Gasteiger partial charge in [0.1, 0.15) is 17.5 Å². The molecule has 150 valence electrons. The molecule has 2 N–H and O–H groups in total. The summed E-state index contributed by atoms with van der Waals surface area (Å²) in [7, 11) is 3.18. The first-order chi connectivity index (χ1) is 14.2. The molecule has 1 atom stereocenters. The van der Waals surface area contributed by atoms with Gasteiger partial charge in [-0.15, -0.1) is 0 Å². The van der Waals surface area contributed by atoms with Crippen LogP contribution in [-0.4, -0.2) is 30.1 Å². The Bertz CT molecular complexity index is 920. The van der Waals surface area contributed by atoms with E-state index in [0.29, 0.717) is 30.2 Å². The molecule has 0 aliphatic carbocycles. The number of methoxy groups -OCH3 is 2. The largest absolute Gasteiger partial charge is 0.497 e. The summed E-state index contributed by atoms with van der Waals surface area (Å²) in [5, 5.41) is 6.31. The standard InChI is InChI=1S/C22H24N4O3/c1-28-18-3-4-20(29-2)19(13-18)21(25-14-16-5-9-23-10-6-16)22(27)26-15-17-7-11-24-12-8-17/h3-13,21,25H,14-15H2,1-2H3,(H,26,27). The van der Waals surface area contributed by atoms with Gasteiger partial charge in [-0.2, -0.15) is 0 Å². The number of nitrogens with one attached hydrogen (secondary N) is 2. The minimum absolute atomic E-state index is 0.164. The molecule has 0 fully saturated rings. The summed E-state index contributed by atoms with van der Waals surface area (Å²) in [6.07, 6.45) is 6.85. The third-order valence-corrected chi connectivity index (χ3v) is 4.49. The van der Waals surface area contributed by atoms with Crippen LogP contribution in [-0.2, 0) is 17.9 Å². The molecule has 0 saturated heterocycles. The molecule has 3 rings (SSSR count). The van der Waals surface area contributed by atoms with Crippen molar-refractivity contribution in [1.82, 2.24) is 20.6 Å². The van der Waals surface area contributed by atoms with Crippen molar-refractivity contribution in [1.29, 1.82) is 0 Å². The number of ether oxygens (including phenoxy) is 2. The lowest BCUT2D eigenvalue weighted by molar-refractivity contribution is -0.123. The van der Waals surface area contributed by atoms with Crippen molar-refractivity contribution in [2.24, 2.45) is 0 Å². The monoisotopic (exact) mass is 392 g/mol. The summed E-state index contributed by atoms with van der Waals surface area (Å²) in [5.74, 6) is 1.10. The Kier molecular flexibility index (Phi) is 7.13. The molecular formula is C22H24N4O3. The fourth-order valence-corrected chi connectivity index (χ4v) is 2.92. The zero-order valence-corrected chi connectivity index (χ0v) is 16.5. The van der Waals surface area contributed by atoms with Crippen molar-refractivity contribution in [2.75, 3.05) is 14.2 Å². The molecule has 7 heteroatoms. The molecule has 0 aliphatic heterocycles. The normalized spacial score (nSPS) is 11.5. The first kappa shape index (κ1) is 20.3. The highest BCUT2D eigenvalue weighted by atomic mass is 16.5. The average Bonchev–Trinajstić information content (AvgIpc) is 2.79. The Morgan fingerprint density at radius 1 is 0.897 bits per heavy atom. The lowest BCUT2D eigenvalue weighted by Crippen LogP contribution is -2.37. The number of amides is 1. The Balaban J connectivity index is 1.83. The highest BCUT2D eigenvalue weighted by molar-refractivity contribution is 5.84. The molecule has 1 unspecified atom stereocenters. The Morgan fingerprint density at radius 2 is 1.52 bits per heavy atom. The lowest BCUT2D eigenvalue weighted by atomic mass is 10.0. The molecule has 0 radical (unpaired) electrons. The SMILES string of the molecule is COc1ccc(OC)c(C(NCc2ccncc2)C(=O)NCc2ccncc2)c1. The van der Waals surface area contributed by atoms with E-state index in [1.165, 1.54) is 0 Å². The summed E-state index contributed by atoms with van der Waals surface area (Å²) < 4.78 is 10.8. The van der Waals surface area contributed by atoms with E-state index in [9.17, 15) is 4.79 Å². The Labute approximate surface area is 170 Å². The smallest absolute Gasteiger partial charge is 0.242 e. The van der Waals surface area contributed by atoms with Crippen molar-refractivity contribution in [2.45, 2.75) is 19.1 Å². The summed E-state index contributed by atoms with van der Waals surface area (Å²) in [4.78, 5) is 21.1. The predicted octanol–water partition coefficient (Wildman–Crippen LogP) is 2.64. The maximum atomic E-state index is 13.1. The van der Waals surface area contributed by atoms with Gasteiger partial charge in [0.05, 0.1) is 14.2 Å². The molecule has 0 spiro atoms. The van der Waals surface area contributed by atoms with E-state index < -0.39 is 6.04 Å². The first-order valence-electron chi connectivity index (χ1n) is 9.22. The van der Waals surface area contributed by atoms with Gasteiger partial charge in [-0.1, -0.05) is 0 Å². The van der Waals surface area contributed by atoms with Gasteiger partial charge < -0.3 is 14.8 Å². The van der Waals surface area contributed by atoms with Gasteiger partial charge in [0, 0.05) is 43.4 Å². The van der Waals surface area contributed by atoms with E-state index in [2.05, 4.69) is 20.6 Å². The van der Waals surface area contributed by atoms with E-state index >= 15 is 0 Å². The van der Waals surface area contributed by atoms with E-state index in [4.69, 9.17) is 9.47 Å². The van der Waals surface area contributed by atoms with Crippen LogP contribution in [0.25, 0.3) is 0 Å². The molecule has 1 amide bonds. The minimum Gasteiger partial charge on any atom is -0.497 e. The van der Waals surface area contributed by atoms with E-state index in [-0.39, 0.29) is 5.91 Å². The fraction of sp³-hybridized carbons (Fsp3) is 0.227. The number of hydrogen-bond donors (Lipinski definition) is 2. The van der Waals surface area contributed by atoms with Crippen LogP contribution in [0.15, 0.2) is 67.3 Å². The number of nitrogens with zero attached hydrogens (tertiary/aromatic N) is 2. The van der Waals surface area contributed by atoms with Crippen molar-refractivity contribution in [3.8, 4) is 11.5 Å². The number of pyridine rings is 2. The maximum Gasteiger partial charge on any atom is 0.242 e. The van der Waals surface area contributed by atoms with Crippen LogP contribution >= 0.6 is 0 Å². The summed E-state index contributed by atoms with van der Waals surface area (Å²) in [6, 6.07) is 12.3.